The number of aromatic nitrogens is 2. The van der Waals surface area contributed by atoms with Crippen LogP contribution < -0.4 is 4.90 Å². The Balaban J connectivity index is 1.58. The molecule has 0 aliphatic carbocycles. The second-order valence-corrected chi connectivity index (χ2v) is 6.75. The molecule has 1 fully saturated rings. The van der Waals surface area contributed by atoms with Crippen molar-refractivity contribution in [1.82, 2.24) is 10.1 Å². The predicted octanol–water partition coefficient (Wildman–Crippen LogP) is 4.70. The Morgan fingerprint density at radius 2 is 1.96 bits per heavy atom. The molecule has 0 N–H and O–H groups in total. The predicted molar refractivity (Wildman–Crippen MR) is 95.9 cm³/mol. The largest absolute Gasteiger partial charge is 0.339 e. The minimum atomic E-state index is -0.528. The third kappa shape index (κ3) is 3.06. The van der Waals surface area contributed by atoms with Gasteiger partial charge in [-0.15, -0.1) is 0 Å². The first-order valence-electron chi connectivity index (χ1n) is 7.87. The summed E-state index contributed by atoms with van der Waals surface area (Å²) in [6, 6.07) is 11.4. The molecule has 132 valence electrons. The van der Waals surface area contributed by atoms with Gasteiger partial charge in [0.2, 0.25) is 17.6 Å². The van der Waals surface area contributed by atoms with Crippen LogP contribution in [0.25, 0.3) is 11.4 Å². The quantitative estimate of drug-likeness (QED) is 0.648. The van der Waals surface area contributed by atoms with Crippen molar-refractivity contribution in [3.63, 3.8) is 0 Å². The van der Waals surface area contributed by atoms with E-state index in [1.54, 1.807) is 12.1 Å². The zero-order valence-corrected chi connectivity index (χ0v) is 14.8. The molecule has 1 atom stereocenters. The lowest BCUT2D eigenvalue weighted by Crippen LogP contribution is -2.24. The Morgan fingerprint density at radius 3 is 2.73 bits per heavy atom. The molecule has 26 heavy (non-hydrogen) atoms. The van der Waals surface area contributed by atoms with Crippen molar-refractivity contribution in [2.45, 2.75) is 12.3 Å². The highest BCUT2D eigenvalue weighted by molar-refractivity contribution is 6.33. The first kappa shape index (κ1) is 17.0. The number of hydrogen-bond acceptors (Lipinski definition) is 4. The van der Waals surface area contributed by atoms with Crippen LogP contribution in [0, 0.1) is 5.82 Å². The fourth-order valence-corrected chi connectivity index (χ4v) is 3.32. The molecule has 0 spiro atoms. The van der Waals surface area contributed by atoms with E-state index in [2.05, 4.69) is 10.1 Å². The molecule has 1 amide bonds. The lowest BCUT2D eigenvalue weighted by molar-refractivity contribution is -0.117. The molecule has 5 nitrogen and oxygen atoms in total. The van der Waals surface area contributed by atoms with Crippen LogP contribution in [0.1, 0.15) is 18.2 Å². The second kappa shape index (κ2) is 6.70. The van der Waals surface area contributed by atoms with Crippen molar-refractivity contribution in [1.29, 1.82) is 0 Å². The van der Waals surface area contributed by atoms with E-state index < -0.39 is 5.82 Å². The standard InChI is InChI=1S/C18H12Cl2FN3O2/c19-13-4-2-1-3-12(13)17-22-18(26-23-17)10-7-16(25)24(9-10)11-5-6-15(21)14(20)8-11/h1-6,8,10H,7,9H2. The average molecular weight is 392 g/mol. The lowest BCUT2D eigenvalue weighted by Gasteiger charge is -2.16. The molecule has 2 heterocycles. The summed E-state index contributed by atoms with van der Waals surface area (Å²) >= 11 is 12.0. The Hall–Kier alpha value is -2.44. The van der Waals surface area contributed by atoms with Crippen molar-refractivity contribution in [3.8, 4) is 11.4 Å². The van der Waals surface area contributed by atoms with Gasteiger partial charge < -0.3 is 9.42 Å². The molecule has 1 unspecified atom stereocenters. The van der Waals surface area contributed by atoms with Crippen molar-refractivity contribution in [2.24, 2.45) is 0 Å². The van der Waals surface area contributed by atoms with Gasteiger partial charge in [0.1, 0.15) is 5.82 Å². The number of anilines is 1. The number of benzene rings is 2. The molecule has 1 aromatic heterocycles. The molecule has 2 aromatic carbocycles. The van der Waals surface area contributed by atoms with Gasteiger partial charge in [0.05, 0.1) is 16.0 Å². The van der Waals surface area contributed by atoms with E-state index in [1.807, 2.05) is 12.1 Å². The summed E-state index contributed by atoms with van der Waals surface area (Å²) in [6.07, 6.45) is 0.221. The smallest absolute Gasteiger partial charge is 0.232 e. The Kier molecular flexibility index (Phi) is 4.38. The molecule has 0 bridgehead atoms. The summed E-state index contributed by atoms with van der Waals surface area (Å²) < 4.78 is 18.7. The SMILES string of the molecule is O=C1CC(c2nc(-c3ccccc3Cl)no2)CN1c1ccc(F)c(Cl)c1. The number of rotatable bonds is 3. The Labute approximate surface area is 158 Å². The minimum absolute atomic E-state index is 0.0300. The fourth-order valence-electron chi connectivity index (χ4n) is 2.93. The zero-order chi connectivity index (χ0) is 18.3. The number of carbonyl (C=O) groups is 1. The van der Waals surface area contributed by atoms with Crippen LogP contribution in [-0.4, -0.2) is 22.6 Å². The van der Waals surface area contributed by atoms with Gasteiger partial charge in [-0.05, 0) is 30.3 Å². The molecular formula is C18H12Cl2FN3O2. The highest BCUT2D eigenvalue weighted by atomic mass is 35.5. The van der Waals surface area contributed by atoms with Crippen LogP contribution in [0.3, 0.4) is 0 Å². The van der Waals surface area contributed by atoms with Crippen molar-refractivity contribution >= 4 is 34.8 Å². The van der Waals surface area contributed by atoms with Gasteiger partial charge in [-0.1, -0.05) is 40.5 Å². The average Bonchev–Trinajstić information content (AvgIpc) is 3.25. The van der Waals surface area contributed by atoms with Gasteiger partial charge in [-0.3, -0.25) is 4.79 Å². The van der Waals surface area contributed by atoms with E-state index in [-0.39, 0.29) is 23.3 Å². The van der Waals surface area contributed by atoms with Gasteiger partial charge in [0.25, 0.3) is 0 Å². The molecule has 1 aliphatic rings. The summed E-state index contributed by atoms with van der Waals surface area (Å²) in [6.45, 7) is 0.352. The fraction of sp³-hybridized carbons (Fsp3) is 0.167. The third-order valence-electron chi connectivity index (χ3n) is 4.25. The summed E-state index contributed by atoms with van der Waals surface area (Å²) in [7, 11) is 0. The van der Waals surface area contributed by atoms with Gasteiger partial charge >= 0.3 is 0 Å². The van der Waals surface area contributed by atoms with E-state index in [4.69, 9.17) is 27.7 Å². The summed E-state index contributed by atoms with van der Waals surface area (Å²) in [5, 5.41) is 4.46. The maximum absolute atomic E-state index is 13.3. The molecular weight excluding hydrogens is 380 g/mol. The summed E-state index contributed by atoms with van der Waals surface area (Å²) in [5.74, 6) is -0.157. The monoisotopic (exact) mass is 391 g/mol. The van der Waals surface area contributed by atoms with E-state index in [1.165, 1.54) is 23.1 Å². The van der Waals surface area contributed by atoms with E-state index in [9.17, 15) is 9.18 Å². The van der Waals surface area contributed by atoms with Crippen molar-refractivity contribution in [2.75, 3.05) is 11.4 Å². The van der Waals surface area contributed by atoms with Crippen LogP contribution in [0.15, 0.2) is 47.0 Å². The van der Waals surface area contributed by atoms with Crippen LogP contribution in [0.2, 0.25) is 10.0 Å². The third-order valence-corrected chi connectivity index (χ3v) is 4.86. The lowest BCUT2D eigenvalue weighted by atomic mass is 10.1. The van der Waals surface area contributed by atoms with Gasteiger partial charge in [0, 0.05) is 24.2 Å². The number of halogens is 3. The normalized spacial score (nSPS) is 17.1. The van der Waals surface area contributed by atoms with Crippen LogP contribution in [-0.2, 0) is 4.79 Å². The highest BCUT2D eigenvalue weighted by Crippen LogP contribution is 2.34. The van der Waals surface area contributed by atoms with Gasteiger partial charge in [-0.25, -0.2) is 4.39 Å². The summed E-state index contributed by atoms with van der Waals surface area (Å²) in [4.78, 5) is 18.3. The molecule has 0 radical (unpaired) electrons. The van der Waals surface area contributed by atoms with Gasteiger partial charge in [-0.2, -0.15) is 4.98 Å². The molecule has 0 saturated carbocycles. The maximum Gasteiger partial charge on any atom is 0.232 e. The van der Waals surface area contributed by atoms with Crippen LogP contribution in [0.4, 0.5) is 10.1 Å². The minimum Gasteiger partial charge on any atom is -0.339 e. The van der Waals surface area contributed by atoms with Crippen molar-refractivity contribution < 1.29 is 13.7 Å². The van der Waals surface area contributed by atoms with E-state index in [0.717, 1.165) is 0 Å². The van der Waals surface area contributed by atoms with E-state index >= 15 is 0 Å². The highest BCUT2D eigenvalue weighted by Gasteiger charge is 2.35. The number of carbonyl (C=O) groups excluding carboxylic acids is 1. The van der Waals surface area contributed by atoms with Gasteiger partial charge in [0.15, 0.2) is 0 Å². The molecule has 8 heteroatoms. The number of hydrogen-bond donors (Lipinski definition) is 0. The Bertz CT molecular complexity index is 992. The van der Waals surface area contributed by atoms with Crippen molar-refractivity contribution in [3.05, 3.63) is 64.2 Å². The van der Waals surface area contributed by atoms with Crippen LogP contribution >= 0.6 is 23.2 Å². The number of amides is 1. The summed E-state index contributed by atoms with van der Waals surface area (Å²) in [5.41, 5.74) is 1.20. The topological polar surface area (TPSA) is 59.2 Å². The molecule has 1 saturated heterocycles. The van der Waals surface area contributed by atoms with E-state index in [0.29, 0.717) is 34.5 Å². The first-order valence-corrected chi connectivity index (χ1v) is 8.62. The molecule has 4 rings (SSSR count). The maximum atomic E-state index is 13.3. The Morgan fingerprint density at radius 1 is 1.15 bits per heavy atom. The number of nitrogens with zero attached hydrogens (tertiary/aromatic N) is 3. The first-order chi connectivity index (χ1) is 12.5. The second-order valence-electron chi connectivity index (χ2n) is 5.94. The molecule has 1 aliphatic heterocycles. The molecule has 3 aromatic rings. The van der Waals surface area contributed by atoms with Crippen LogP contribution in [0.5, 0.6) is 0 Å². The zero-order valence-electron chi connectivity index (χ0n) is 13.3.